The monoisotopic (exact) mass is 311 g/mol. The van der Waals surface area contributed by atoms with Crippen LogP contribution in [-0.4, -0.2) is 22.7 Å². The van der Waals surface area contributed by atoms with E-state index in [2.05, 4.69) is 15.6 Å². The van der Waals surface area contributed by atoms with Crippen molar-refractivity contribution in [3.63, 3.8) is 0 Å². The van der Waals surface area contributed by atoms with E-state index in [9.17, 15) is 9.90 Å². The summed E-state index contributed by atoms with van der Waals surface area (Å²) in [6.45, 7) is 1.65. The SMILES string of the molecule is Cc1csc(NC(=O)NC(CO)c2ccc(Cl)cc2)n1. The highest BCUT2D eigenvalue weighted by atomic mass is 35.5. The maximum atomic E-state index is 11.8. The number of carbonyl (C=O) groups is 1. The molecule has 20 heavy (non-hydrogen) atoms. The van der Waals surface area contributed by atoms with Gasteiger partial charge in [-0.1, -0.05) is 23.7 Å². The number of rotatable bonds is 4. The largest absolute Gasteiger partial charge is 0.394 e. The molecule has 1 atom stereocenters. The molecule has 0 fully saturated rings. The van der Waals surface area contributed by atoms with Gasteiger partial charge in [-0.3, -0.25) is 5.32 Å². The van der Waals surface area contributed by atoms with Crippen LogP contribution in [0.4, 0.5) is 9.93 Å². The summed E-state index contributed by atoms with van der Waals surface area (Å²) < 4.78 is 0. The number of amides is 2. The van der Waals surface area contributed by atoms with Crippen LogP contribution in [0.5, 0.6) is 0 Å². The van der Waals surface area contributed by atoms with Crippen LogP contribution in [0.2, 0.25) is 5.02 Å². The molecule has 0 bridgehead atoms. The van der Waals surface area contributed by atoms with Crippen molar-refractivity contribution < 1.29 is 9.90 Å². The third kappa shape index (κ3) is 3.93. The summed E-state index contributed by atoms with van der Waals surface area (Å²) in [5, 5.41) is 17.7. The lowest BCUT2D eigenvalue weighted by molar-refractivity contribution is 0.225. The van der Waals surface area contributed by atoms with Gasteiger partial charge < -0.3 is 10.4 Å². The van der Waals surface area contributed by atoms with Gasteiger partial charge in [-0.25, -0.2) is 9.78 Å². The molecular formula is C13H14ClN3O2S. The Bertz CT molecular complexity index is 586. The molecule has 0 spiro atoms. The van der Waals surface area contributed by atoms with E-state index in [1.54, 1.807) is 24.3 Å². The van der Waals surface area contributed by atoms with E-state index in [0.717, 1.165) is 11.3 Å². The van der Waals surface area contributed by atoms with E-state index < -0.39 is 12.1 Å². The summed E-state index contributed by atoms with van der Waals surface area (Å²) >= 11 is 7.15. The molecule has 1 aromatic carbocycles. The average molecular weight is 312 g/mol. The molecule has 0 aliphatic heterocycles. The lowest BCUT2D eigenvalue weighted by atomic mass is 10.1. The fraction of sp³-hybridized carbons (Fsp3) is 0.231. The Morgan fingerprint density at radius 1 is 1.45 bits per heavy atom. The third-order valence-electron chi connectivity index (χ3n) is 2.60. The number of nitrogens with one attached hydrogen (secondary N) is 2. The van der Waals surface area contributed by atoms with Crippen molar-refractivity contribution in [2.24, 2.45) is 0 Å². The van der Waals surface area contributed by atoms with Gasteiger partial charge in [0.1, 0.15) is 0 Å². The standard InChI is InChI=1S/C13H14ClN3O2S/c1-8-7-20-13(15-8)17-12(19)16-11(6-18)9-2-4-10(14)5-3-9/h2-5,7,11,18H,6H2,1H3,(H2,15,16,17,19). The Morgan fingerprint density at radius 3 is 2.70 bits per heavy atom. The van der Waals surface area contributed by atoms with Crippen LogP contribution < -0.4 is 10.6 Å². The summed E-state index contributed by atoms with van der Waals surface area (Å²) in [5.41, 5.74) is 1.63. The first kappa shape index (κ1) is 14.8. The summed E-state index contributed by atoms with van der Waals surface area (Å²) in [7, 11) is 0. The molecule has 7 heteroatoms. The lowest BCUT2D eigenvalue weighted by Crippen LogP contribution is -2.34. The average Bonchev–Trinajstić information content (AvgIpc) is 2.82. The molecule has 0 saturated carbocycles. The number of aliphatic hydroxyl groups excluding tert-OH is 1. The molecule has 1 unspecified atom stereocenters. The topological polar surface area (TPSA) is 74.2 Å². The molecule has 0 aliphatic rings. The first-order valence-electron chi connectivity index (χ1n) is 5.94. The van der Waals surface area contributed by atoms with Gasteiger partial charge in [0.15, 0.2) is 5.13 Å². The molecule has 0 radical (unpaired) electrons. The first-order valence-corrected chi connectivity index (χ1v) is 7.20. The predicted molar refractivity (Wildman–Crippen MR) is 80.3 cm³/mol. The van der Waals surface area contributed by atoms with E-state index in [1.165, 1.54) is 11.3 Å². The van der Waals surface area contributed by atoms with Gasteiger partial charge in [0, 0.05) is 10.4 Å². The van der Waals surface area contributed by atoms with E-state index in [-0.39, 0.29) is 6.61 Å². The summed E-state index contributed by atoms with van der Waals surface area (Å²) in [6, 6.07) is 6.04. The highest BCUT2D eigenvalue weighted by Gasteiger charge is 2.14. The number of benzene rings is 1. The number of carbonyl (C=O) groups excluding carboxylic acids is 1. The molecule has 0 saturated heterocycles. The van der Waals surface area contributed by atoms with Crippen LogP contribution in [0.3, 0.4) is 0 Å². The second-order valence-corrected chi connectivity index (χ2v) is 5.47. The quantitative estimate of drug-likeness (QED) is 0.812. The van der Waals surface area contributed by atoms with Crippen molar-refractivity contribution in [3.05, 3.63) is 45.9 Å². The number of nitrogens with zero attached hydrogens (tertiary/aromatic N) is 1. The maximum Gasteiger partial charge on any atom is 0.321 e. The number of aromatic nitrogens is 1. The van der Waals surface area contributed by atoms with Crippen LogP contribution in [0.25, 0.3) is 0 Å². The van der Waals surface area contributed by atoms with Crippen molar-refractivity contribution in [1.82, 2.24) is 10.3 Å². The van der Waals surface area contributed by atoms with Gasteiger partial charge in [-0.15, -0.1) is 11.3 Å². The molecule has 2 rings (SSSR count). The molecule has 2 aromatic rings. The van der Waals surface area contributed by atoms with Gasteiger partial charge in [0.2, 0.25) is 0 Å². The Hall–Kier alpha value is -1.63. The molecule has 1 heterocycles. The van der Waals surface area contributed by atoms with Crippen LogP contribution in [0, 0.1) is 6.92 Å². The molecule has 5 nitrogen and oxygen atoms in total. The smallest absolute Gasteiger partial charge is 0.321 e. The Labute approximate surface area is 125 Å². The molecule has 0 aliphatic carbocycles. The summed E-state index contributed by atoms with van der Waals surface area (Å²) in [6.07, 6.45) is 0. The fourth-order valence-electron chi connectivity index (χ4n) is 1.63. The van der Waals surface area contributed by atoms with Crippen molar-refractivity contribution in [2.75, 3.05) is 11.9 Å². The number of thiazole rings is 1. The minimum Gasteiger partial charge on any atom is -0.394 e. The van der Waals surface area contributed by atoms with E-state index in [0.29, 0.717) is 10.2 Å². The normalized spacial score (nSPS) is 11.9. The number of aliphatic hydroxyl groups is 1. The Morgan fingerprint density at radius 2 is 2.15 bits per heavy atom. The fourth-order valence-corrected chi connectivity index (χ4v) is 2.44. The van der Waals surface area contributed by atoms with Crippen molar-refractivity contribution in [2.45, 2.75) is 13.0 Å². The van der Waals surface area contributed by atoms with E-state index in [4.69, 9.17) is 11.6 Å². The Balaban J connectivity index is 1.99. The number of hydrogen-bond donors (Lipinski definition) is 3. The number of anilines is 1. The van der Waals surface area contributed by atoms with Crippen molar-refractivity contribution >= 4 is 34.1 Å². The van der Waals surface area contributed by atoms with Gasteiger partial charge in [0.25, 0.3) is 0 Å². The van der Waals surface area contributed by atoms with Gasteiger partial charge in [-0.2, -0.15) is 0 Å². The third-order valence-corrected chi connectivity index (χ3v) is 3.73. The number of hydrogen-bond acceptors (Lipinski definition) is 4. The predicted octanol–water partition coefficient (Wildman–Crippen LogP) is 2.96. The number of aryl methyl sites for hydroxylation is 1. The molecule has 106 valence electrons. The number of urea groups is 1. The molecule has 3 N–H and O–H groups in total. The zero-order chi connectivity index (χ0) is 14.5. The molecular weight excluding hydrogens is 298 g/mol. The van der Waals surface area contributed by atoms with Crippen LogP contribution >= 0.6 is 22.9 Å². The zero-order valence-electron chi connectivity index (χ0n) is 10.8. The Kier molecular flexibility index (Phi) is 4.94. The van der Waals surface area contributed by atoms with Gasteiger partial charge in [-0.05, 0) is 24.6 Å². The zero-order valence-corrected chi connectivity index (χ0v) is 12.3. The lowest BCUT2D eigenvalue weighted by Gasteiger charge is -2.16. The van der Waals surface area contributed by atoms with Crippen LogP contribution in [0.15, 0.2) is 29.6 Å². The molecule has 1 aromatic heterocycles. The van der Waals surface area contributed by atoms with Gasteiger partial charge in [0.05, 0.1) is 18.3 Å². The van der Waals surface area contributed by atoms with Crippen molar-refractivity contribution in [3.8, 4) is 0 Å². The highest BCUT2D eigenvalue weighted by Crippen LogP contribution is 2.17. The van der Waals surface area contributed by atoms with E-state index in [1.807, 2.05) is 12.3 Å². The first-order chi connectivity index (χ1) is 9.58. The summed E-state index contributed by atoms with van der Waals surface area (Å²) in [5.74, 6) is 0. The van der Waals surface area contributed by atoms with Crippen LogP contribution in [0.1, 0.15) is 17.3 Å². The minimum atomic E-state index is -0.492. The van der Waals surface area contributed by atoms with Crippen molar-refractivity contribution in [1.29, 1.82) is 0 Å². The highest BCUT2D eigenvalue weighted by molar-refractivity contribution is 7.13. The van der Waals surface area contributed by atoms with Gasteiger partial charge >= 0.3 is 6.03 Å². The van der Waals surface area contributed by atoms with E-state index >= 15 is 0 Å². The summed E-state index contributed by atoms with van der Waals surface area (Å²) in [4.78, 5) is 16.0. The second kappa shape index (κ2) is 6.69. The maximum absolute atomic E-state index is 11.8. The second-order valence-electron chi connectivity index (χ2n) is 4.18. The minimum absolute atomic E-state index is 0.202. The van der Waals surface area contributed by atoms with Crippen LogP contribution in [-0.2, 0) is 0 Å². The number of halogens is 1. The molecule has 2 amide bonds.